The van der Waals surface area contributed by atoms with E-state index < -0.39 is 6.10 Å². The third-order valence-corrected chi connectivity index (χ3v) is 2.17. The summed E-state index contributed by atoms with van der Waals surface area (Å²) < 4.78 is 0. The molecule has 0 aliphatic carbocycles. The molecule has 0 aromatic rings. The van der Waals surface area contributed by atoms with E-state index in [1.54, 1.807) is 23.9 Å². The van der Waals surface area contributed by atoms with Gasteiger partial charge in [0.2, 0.25) is 0 Å². The van der Waals surface area contributed by atoms with E-state index in [2.05, 4.69) is 5.32 Å². The maximum absolute atomic E-state index is 11.4. The summed E-state index contributed by atoms with van der Waals surface area (Å²) in [4.78, 5) is 14.7. The Kier molecular flexibility index (Phi) is 3.50. The monoisotopic (exact) mass is 187 g/mol. The lowest BCUT2D eigenvalue weighted by molar-refractivity contribution is 0.128. The molecule has 1 heterocycles. The summed E-state index contributed by atoms with van der Waals surface area (Å²) in [5.74, 6) is 0. The summed E-state index contributed by atoms with van der Waals surface area (Å²) >= 11 is 0. The summed E-state index contributed by atoms with van der Waals surface area (Å²) in [5.41, 5.74) is 0. The average Bonchev–Trinajstić information content (AvgIpc) is 2.37. The van der Waals surface area contributed by atoms with Crippen molar-refractivity contribution >= 4 is 6.03 Å². The SMILES string of the molecule is CNCC(O)CN1CCN(C)C1=O. The van der Waals surface area contributed by atoms with Crippen LogP contribution in [0.2, 0.25) is 0 Å². The first-order chi connectivity index (χ1) is 6.15. The molecule has 1 unspecified atom stereocenters. The van der Waals surface area contributed by atoms with E-state index in [9.17, 15) is 9.90 Å². The van der Waals surface area contributed by atoms with Gasteiger partial charge in [-0.25, -0.2) is 4.79 Å². The number of likely N-dealkylation sites (N-methyl/N-ethyl adjacent to an activating group) is 2. The van der Waals surface area contributed by atoms with Crippen molar-refractivity contribution in [1.82, 2.24) is 15.1 Å². The van der Waals surface area contributed by atoms with Crippen LogP contribution < -0.4 is 5.32 Å². The Morgan fingerprint density at radius 1 is 1.62 bits per heavy atom. The molecular weight excluding hydrogens is 170 g/mol. The molecule has 1 aliphatic rings. The number of aliphatic hydroxyl groups is 1. The summed E-state index contributed by atoms with van der Waals surface area (Å²) in [6, 6.07) is 0.00940. The highest BCUT2D eigenvalue weighted by Gasteiger charge is 2.26. The maximum atomic E-state index is 11.4. The molecule has 1 aliphatic heterocycles. The van der Waals surface area contributed by atoms with Crippen LogP contribution in [0.25, 0.3) is 0 Å². The van der Waals surface area contributed by atoms with Crippen molar-refractivity contribution < 1.29 is 9.90 Å². The standard InChI is InChI=1S/C8H17N3O2/c1-9-5-7(12)6-11-4-3-10(2)8(11)13/h7,9,12H,3-6H2,1-2H3. The van der Waals surface area contributed by atoms with Crippen molar-refractivity contribution in [1.29, 1.82) is 0 Å². The van der Waals surface area contributed by atoms with Crippen molar-refractivity contribution in [2.45, 2.75) is 6.10 Å². The van der Waals surface area contributed by atoms with Gasteiger partial charge >= 0.3 is 6.03 Å². The third-order valence-electron chi connectivity index (χ3n) is 2.17. The molecule has 5 heteroatoms. The first kappa shape index (κ1) is 10.3. The lowest BCUT2D eigenvalue weighted by atomic mass is 10.3. The molecular formula is C8H17N3O2. The van der Waals surface area contributed by atoms with Crippen LogP contribution in [-0.2, 0) is 0 Å². The van der Waals surface area contributed by atoms with Gasteiger partial charge in [0.05, 0.1) is 6.10 Å². The number of rotatable bonds is 4. The van der Waals surface area contributed by atoms with Crippen LogP contribution in [0.5, 0.6) is 0 Å². The topological polar surface area (TPSA) is 55.8 Å². The molecule has 0 saturated carbocycles. The van der Waals surface area contributed by atoms with Gasteiger partial charge < -0.3 is 20.2 Å². The average molecular weight is 187 g/mol. The molecule has 2 N–H and O–H groups in total. The lowest BCUT2D eigenvalue weighted by Crippen LogP contribution is -2.39. The predicted octanol–water partition coefficient (Wildman–Crippen LogP) is -1.07. The van der Waals surface area contributed by atoms with Crippen LogP contribution in [0.4, 0.5) is 4.79 Å². The molecule has 1 rings (SSSR count). The minimum atomic E-state index is -0.472. The van der Waals surface area contributed by atoms with Crippen LogP contribution in [0.15, 0.2) is 0 Å². The zero-order valence-electron chi connectivity index (χ0n) is 8.16. The number of aliphatic hydroxyl groups excluding tert-OH is 1. The van der Waals surface area contributed by atoms with Gasteiger partial charge in [-0.15, -0.1) is 0 Å². The van der Waals surface area contributed by atoms with E-state index in [4.69, 9.17) is 0 Å². The molecule has 1 fully saturated rings. The number of nitrogens with one attached hydrogen (secondary N) is 1. The molecule has 13 heavy (non-hydrogen) atoms. The van der Waals surface area contributed by atoms with Crippen molar-refractivity contribution in [3.05, 3.63) is 0 Å². The Hall–Kier alpha value is -0.810. The van der Waals surface area contributed by atoms with E-state index in [1.165, 1.54) is 0 Å². The number of β-amino-alcohol motifs (C(OH)–C–C–N with tert-alkyl or cyclic N) is 1. The molecule has 0 bridgehead atoms. The Bertz CT molecular complexity index is 186. The third kappa shape index (κ3) is 2.57. The second-order valence-corrected chi connectivity index (χ2v) is 3.36. The van der Waals surface area contributed by atoms with Crippen LogP contribution in [-0.4, -0.2) is 67.3 Å². The Labute approximate surface area is 78.3 Å². The Balaban J connectivity index is 2.33. The van der Waals surface area contributed by atoms with Crippen molar-refractivity contribution in [2.75, 3.05) is 40.3 Å². The highest BCUT2D eigenvalue weighted by Crippen LogP contribution is 2.06. The van der Waals surface area contributed by atoms with Crippen LogP contribution in [0.1, 0.15) is 0 Å². The molecule has 0 spiro atoms. The van der Waals surface area contributed by atoms with Gasteiger partial charge in [-0.2, -0.15) is 0 Å². The number of urea groups is 1. The second-order valence-electron chi connectivity index (χ2n) is 3.36. The number of nitrogens with zero attached hydrogens (tertiary/aromatic N) is 2. The normalized spacial score (nSPS) is 19.8. The second kappa shape index (κ2) is 4.43. The fraction of sp³-hybridized carbons (Fsp3) is 0.875. The summed E-state index contributed by atoms with van der Waals surface area (Å²) in [5, 5.41) is 12.3. The molecule has 5 nitrogen and oxygen atoms in total. The summed E-state index contributed by atoms with van der Waals surface area (Å²) in [6.45, 7) is 2.42. The maximum Gasteiger partial charge on any atom is 0.319 e. The van der Waals surface area contributed by atoms with Gasteiger partial charge in [-0.3, -0.25) is 0 Å². The van der Waals surface area contributed by atoms with Crippen molar-refractivity contribution in [3.8, 4) is 0 Å². The predicted molar refractivity (Wildman–Crippen MR) is 49.5 cm³/mol. The molecule has 0 radical (unpaired) electrons. The molecule has 76 valence electrons. The number of hydrogen-bond acceptors (Lipinski definition) is 3. The van der Waals surface area contributed by atoms with E-state index >= 15 is 0 Å². The zero-order chi connectivity index (χ0) is 9.84. The van der Waals surface area contributed by atoms with Crippen LogP contribution in [0, 0.1) is 0 Å². The highest BCUT2D eigenvalue weighted by atomic mass is 16.3. The molecule has 0 aromatic heterocycles. The van der Waals surface area contributed by atoms with Crippen LogP contribution >= 0.6 is 0 Å². The minimum Gasteiger partial charge on any atom is -0.390 e. The van der Waals surface area contributed by atoms with Gasteiger partial charge in [0.1, 0.15) is 0 Å². The van der Waals surface area contributed by atoms with E-state index in [-0.39, 0.29) is 6.03 Å². The van der Waals surface area contributed by atoms with E-state index in [1.807, 2.05) is 0 Å². The summed E-state index contributed by atoms with van der Waals surface area (Å²) in [7, 11) is 3.55. The molecule has 1 atom stereocenters. The Morgan fingerprint density at radius 3 is 2.77 bits per heavy atom. The fourth-order valence-corrected chi connectivity index (χ4v) is 1.43. The quantitative estimate of drug-likeness (QED) is 0.589. The van der Waals surface area contributed by atoms with Crippen molar-refractivity contribution in [2.24, 2.45) is 0 Å². The van der Waals surface area contributed by atoms with Gasteiger partial charge in [0.15, 0.2) is 0 Å². The lowest BCUT2D eigenvalue weighted by Gasteiger charge is -2.19. The smallest absolute Gasteiger partial charge is 0.319 e. The van der Waals surface area contributed by atoms with Crippen LogP contribution in [0.3, 0.4) is 0 Å². The molecule has 2 amide bonds. The molecule has 0 aromatic carbocycles. The first-order valence-electron chi connectivity index (χ1n) is 4.48. The van der Waals surface area contributed by atoms with E-state index in [0.29, 0.717) is 13.1 Å². The number of amides is 2. The van der Waals surface area contributed by atoms with Gasteiger partial charge in [0.25, 0.3) is 0 Å². The minimum absolute atomic E-state index is 0.00940. The van der Waals surface area contributed by atoms with Gasteiger partial charge in [0, 0.05) is 33.2 Å². The number of carbonyl (C=O) groups is 1. The summed E-state index contributed by atoms with van der Waals surface area (Å²) in [6.07, 6.45) is -0.472. The number of carbonyl (C=O) groups excluding carboxylic acids is 1. The van der Waals surface area contributed by atoms with E-state index in [0.717, 1.165) is 13.1 Å². The van der Waals surface area contributed by atoms with Gasteiger partial charge in [-0.05, 0) is 7.05 Å². The number of hydrogen-bond donors (Lipinski definition) is 2. The van der Waals surface area contributed by atoms with Crippen molar-refractivity contribution in [3.63, 3.8) is 0 Å². The van der Waals surface area contributed by atoms with Gasteiger partial charge in [-0.1, -0.05) is 0 Å². The first-order valence-corrected chi connectivity index (χ1v) is 4.48. The fourth-order valence-electron chi connectivity index (χ4n) is 1.43. The zero-order valence-corrected chi connectivity index (χ0v) is 8.16. The molecule has 1 saturated heterocycles. The highest BCUT2D eigenvalue weighted by molar-refractivity contribution is 5.76. The Morgan fingerprint density at radius 2 is 2.31 bits per heavy atom. The largest absolute Gasteiger partial charge is 0.390 e.